The van der Waals surface area contributed by atoms with E-state index in [-0.39, 0.29) is 17.6 Å². The minimum absolute atomic E-state index is 0.117. The van der Waals surface area contributed by atoms with Crippen LogP contribution in [0.5, 0.6) is 11.5 Å². The summed E-state index contributed by atoms with van der Waals surface area (Å²) in [6.45, 7) is 5.51. The number of hydrogen-bond acceptors (Lipinski definition) is 3. The quantitative estimate of drug-likeness (QED) is 0.696. The van der Waals surface area contributed by atoms with E-state index in [9.17, 15) is 13.2 Å². The van der Waals surface area contributed by atoms with E-state index in [1.54, 1.807) is 6.07 Å². The summed E-state index contributed by atoms with van der Waals surface area (Å²) in [5.74, 6) is -0.187. The van der Waals surface area contributed by atoms with Crippen molar-refractivity contribution in [1.82, 2.24) is 5.32 Å². The highest BCUT2D eigenvalue weighted by atomic mass is 19.4. The fraction of sp³-hybridized carbons (Fsp3) is 0.600. The van der Waals surface area contributed by atoms with E-state index in [4.69, 9.17) is 4.74 Å². The van der Waals surface area contributed by atoms with Crippen LogP contribution in [0.2, 0.25) is 0 Å². The van der Waals surface area contributed by atoms with Crippen LogP contribution in [0.1, 0.15) is 33.1 Å². The topological polar surface area (TPSA) is 30.5 Å². The zero-order chi connectivity index (χ0) is 15.7. The molecule has 0 heterocycles. The van der Waals surface area contributed by atoms with Crippen LogP contribution >= 0.6 is 0 Å². The number of nitrogens with one attached hydrogen (secondary N) is 1. The molecule has 0 radical (unpaired) electrons. The summed E-state index contributed by atoms with van der Waals surface area (Å²) in [4.78, 5) is 0. The lowest BCUT2D eigenvalue weighted by atomic mass is 10.2. The summed E-state index contributed by atoms with van der Waals surface area (Å²) in [7, 11) is 0. The second kappa shape index (κ2) is 8.77. The van der Waals surface area contributed by atoms with Gasteiger partial charge in [0.05, 0.1) is 0 Å². The van der Waals surface area contributed by atoms with Crippen LogP contribution in [0.3, 0.4) is 0 Å². The van der Waals surface area contributed by atoms with E-state index in [0.717, 1.165) is 25.8 Å². The van der Waals surface area contributed by atoms with Gasteiger partial charge in [-0.3, -0.25) is 0 Å². The lowest BCUT2D eigenvalue weighted by Crippen LogP contribution is -2.32. The first-order valence-electron chi connectivity index (χ1n) is 7.18. The molecule has 0 bridgehead atoms. The van der Waals surface area contributed by atoms with Crippen LogP contribution in [0.4, 0.5) is 13.2 Å². The first kappa shape index (κ1) is 17.6. The maximum atomic E-state index is 12.4. The Morgan fingerprint density at radius 1 is 1.10 bits per heavy atom. The van der Waals surface area contributed by atoms with Crippen LogP contribution in [-0.4, -0.2) is 25.6 Å². The second-order valence-corrected chi connectivity index (χ2v) is 4.73. The van der Waals surface area contributed by atoms with Crippen molar-refractivity contribution in [2.75, 3.05) is 13.1 Å². The van der Waals surface area contributed by atoms with E-state index in [2.05, 4.69) is 17.0 Å². The molecule has 0 saturated heterocycles. The Kier molecular flexibility index (Phi) is 7.36. The summed E-state index contributed by atoms with van der Waals surface area (Å²) >= 11 is 0. The van der Waals surface area contributed by atoms with Gasteiger partial charge >= 0.3 is 6.36 Å². The lowest BCUT2D eigenvalue weighted by Gasteiger charge is -2.21. The highest BCUT2D eigenvalue weighted by Crippen LogP contribution is 2.32. The van der Waals surface area contributed by atoms with Gasteiger partial charge in [0.1, 0.15) is 6.10 Å². The number of hydrogen-bond donors (Lipinski definition) is 1. The average molecular weight is 305 g/mol. The molecule has 0 fully saturated rings. The van der Waals surface area contributed by atoms with E-state index in [1.165, 1.54) is 18.2 Å². The third-order valence-corrected chi connectivity index (χ3v) is 2.78. The highest BCUT2D eigenvalue weighted by molar-refractivity contribution is 5.39. The fourth-order valence-corrected chi connectivity index (χ4v) is 1.90. The van der Waals surface area contributed by atoms with Crippen LogP contribution in [0.25, 0.3) is 0 Å². The Balaban J connectivity index is 2.73. The maximum absolute atomic E-state index is 12.4. The average Bonchev–Trinajstić information content (AvgIpc) is 2.40. The third-order valence-electron chi connectivity index (χ3n) is 2.78. The molecule has 1 atom stereocenters. The molecule has 3 nitrogen and oxygen atoms in total. The molecule has 21 heavy (non-hydrogen) atoms. The summed E-state index contributed by atoms with van der Waals surface area (Å²) < 4.78 is 46.8. The largest absolute Gasteiger partial charge is 0.573 e. The minimum atomic E-state index is -4.72. The number of benzene rings is 1. The number of para-hydroxylation sites is 2. The first-order chi connectivity index (χ1) is 9.96. The van der Waals surface area contributed by atoms with E-state index in [1.807, 2.05) is 6.92 Å². The predicted molar refractivity (Wildman–Crippen MR) is 75.6 cm³/mol. The molecular weight excluding hydrogens is 283 g/mol. The minimum Gasteiger partial charge on any atom is -0.485 e. The zero-order valence-corrected chi connectivity index (χ0v) is 12.4. The van der Waals surface area contributed by atoms with Gasteiger partial charge in [-0.15, -0.1) is 13.2 Å². The van der Waals surface area contributed by atoms with Crippen LogP contribution < -0.4 is 14.8 Å². The summed E-state index contributed by atoms with van der Waals surface area (Å²) in [6.07, 6.45) is -2.26. The van der Waals surface area contributed by atoms with Gasteiger partial charge in [0.2, 0.25) is 0 Å². The Labute approximate surface area is 123 Å². The third kappa shape index (κ3) is 7.22. The summed E-state index contributed by atoms with van der Waals surface area (Å²) in [6, 6.07) is 5.86. The Morgan fingerprint density at radius 2 is 1.76 bits per heavy atom. The monoisotopic (exact) mass is 305 g/mol. The molecule has 6 heteroatoms. The van der Waals surface area contributed by atoms with Crippen molar-refractivity contribution in [2.45, 2.75) is 45.6 Å². The second-order valence-electron chi connectivity index (χ2n) is 4.73. The van der Waals surface area contributed by atoms with Crippen LogP contribution in [0, 0.1) is 0 Å². The van der Waals surface area contributed by atoms with Gasteiger partial charge in [0, 0.05) is 6.54 Å². The summed E-state index contributed by atoms with van der Waals surface area (Å²) in [5, 5.41) is 3.22. The van der Waals surface area contributed by atoms with Crippen molar-refractivity contribution < 1.29 is 22.6 Å². The van der Waals surface area contributed by atoms with Gasteiger partial charge in [0.25, 0.3) is 0 Å². The standard InChI is InChI=1S/C15H22F3NO2/c1-3-7-12(11-19-10-4-2)20-13-8-5-6-9-14(13)21-15(16,17)18/h5-6,8-9,12,19H,3-4,7,10-11H2,1-2H3. The molecule has 1 N–H and O–H groups in total. The number of alkyl halides is 3. The normalized spacial score (nSPS) is 13.0. The number of rotatable bonds is 9. The number of ether oxygens (including phenoxy) is 2. The molecular formula is C15H22F3NO2. The zero-order valence-electron chi connectivity index (χ0n) is 12.4. The first-order valence-corrected chi connectivity index (χ1v) is 7.18. The van der Waals surface area contributed by atoms with Crippen molar-refractivity contribution in [2.24, 2.45) is 0 Å². The van der Waals surface area contributed by atoms with Crippen molar-refractivity contribution in [3.05, 3.63) is 24.3 Å². The number of halogens is 3. The lowest BCUT2D eigenvalue weighted by molar-refractivity contribution is -0.275. The molecule has 0 aliphatic heterocycles. The molecule has 0 aromatic heterocycles. The SMILES string of the molecule is CCCNCC(CCC)Oc1ccccc1OC(F)(F)F. The maximum Gasteiger partial charge on any atom is 0.573 e. The molecule has 0 aliphatic carbocycles. The van der Waals surface area contributed by atoms with Gasteiger partial charge in [-0.05, 0) is 31.5 Å². The molecule has 0 saturated carbocycles. The van der Waals surface area contributed by atoms with E-state index in [0.29, 0.717) is 6.54 Å². The van der Waals surface area contributed by atoms with Crippen molar-refractivity contribution >= 4 is 0 Å². The molecule has 1 aromatic carbocycles. The van der Waals surface area contributed by atoms with Gasteiger partial charge < -0.3 is 14.8 Å². The van der Waals surface area contributed by atoms with Gasteiger partial charge in [-0.2, -0.15) is 0 Å². The van der Waals surface area contributed by atoms with E-state index < -0.39 is 6.36 Å². The van der Waals surface area contributed by atoms with Gasteiger partial charge in [0.15, 0.2) is 11.5 Å². The molecule has 0 aliphatic rings. The highest BCUT2D eigenvalue weighted by Gasteiger charge is 2.32. The molecule has 0 spiro atoms. The van der Waals surface area contributed by atoms with Crippen molar-refractivity contribution in [3.8, 4) is 11.5 Å². The van der Waals surface area contributed by atoms with Crippen LogP contribution in [0.15, 0.2) is 24.3 Å². The Hall–Kier alpha value is -1.43. The van der Waals surface area contributed by atoms with Gasteiger partial charge in [-0.1, -0.05) is 32.4 Å². The molecule has 120 valence electrons. The van der Waals surface area contributed by atoms with Crippen molar-refractivity contribution in [3.63, 3.8) is 0 Å². The fourth-order valence-electron chi connectivity index (χ4n) is 1.90. The molecule has 1 unspecified atom stereocenters. The van der Waals surface area contributed by atoms with E-state index >= 15 is 0 Å². The molecule has 0 amide bonds. The van der Waals surface area contributed by atoms with Crippen molar-refractivity contribution in [1.29, 1.82) is 0 Å². The Bertz CT molecular complexity index is 410. The summed E-state index contributed by atoms with van der Waals surface area (Å²) in [5.41, 5.74) is 0. The smallest absolute Gasteiger partial charge is 0.485 e. The van der Waals surface area contributed by atoms with Crippen LogP contribution in [-0.2, 0) is 0 Å². The predicted octanol–water partition coefficient (Wildman–Crippen LogP) is 4.13. The molecule has 1 rings (SSSR count). The Morgan fingerprint density at radius 3 is 2.33 bits per heavy atom. The molecule has 1 aromatic rings. The van der Waals surface area contributed by atoms with Gasteiger partial charge in [-0.25, -0.2) is 0 Å².